The molecular weight excluding hydrogens is 362 g/mol. The van der Waals surface area contributed by atoms with Crippen molar-refractivity contribution in [1.82, 2.24) is 24.5 Å². The average molecular weight is 388 g/mol. The monoisotopic (exact) mass is 387 g/mol. The van der Waals surface area contributed by atoms with Gasteiger partial charge in [0.1, 0.15) is 17.9 Å². The van der Waals surface area contributed by atoms with Crippen LogP contribution in [0.1, 0.15) is 62.7 Å². The summed E-state index contributed by atoms with van der Waals surface area (Å²) in [6, 6.07) is 2.09. The smallest absolute Gasteiger partial charge is 0.291 e. The van der Waals surface area contributed by atoms with Crippen LogP contribution in [0.4, 0.5) is 0 Å². The quantitative estimate of drug-likeness (QED) is 0.746. The lowest BCUT2D eigenvalue weighted by Crippen LogP contribution is -2.41. The predicted molar refractivity (Wildman–Crippen MR) is 106 cm³/mol. The van der Waals surface area contributed by atoms with Crippen molar-refractivity contribution in [2.24, 2.45) is 0 Å². The molecule has 8 heteroatoms. The molecule has 1 saturated carbocycles. The van der Waals surface area contributed by atoms with Crippen LogP contribution in [-0.2, 0) is 11.3 Å². The molecule has 3 aromatic heterocycles. The summed E-state index contributed by atoms with van der Waals surface area (Å²) >= 11 is 1.56. The van der Waals surface area contributed by atoms with Crippen molar-refractivity contribution in [3.05, 3.63) is 27.3 Å². The number of carbonyl (C=O) groups is 1. The van der Waals surface area contributed by atoms with Crippen LogP contribution in [0.15, 0.2) is 10.9 Å². The molecule has 7 nitrogen and oxygen atoms in total. The maximum absolute atomic E-state index is 13.0. The van der Waals surface area contributed by atoms with Crippen LogP contribution >= 0.6 is 11.3 Å². The fourth-order valence-electron chi connectivity index (χ4n) is 3.86. The van der Waals surface area contributed by atoms with Gasteiger partial charge in [-0.2, -0.15) is 5.10 Å². The first-order valence-electron chi connectivity index (χ1n) is 9.63. The second kappa shape index (κ2) is 7.07. The lowest BCUT2D eigenvalue weighted by atomic mass is 9.95. The number of hydrogen-bond acceptors (Lipinski definition) is 5. The Labute approximate surface area is 161 Å². The second-order valence-corrected chi connectivity index (χ2v) is 8.90. The molecule has 0 bridgehead atoms. The maximum Gasteiger partial charge on any atom is 0.291 e. The van der Waals surface area contributed by atoms with Gasteiger partial charge in [0.15, 0.2) is 5.65 Å². The van der Waals surface area contributed by atoms with Crippen LogP contribution in [0.2, 0.25) is 0 Å². The largest absolute Gasteiger partial charge is 0.352 e. The van der Waals surface area contributed by atoms with E-state index < -0.39 is 0 Å². The number of rotatable bonds is 4. The molecule has 144 valence electrons. The van der Waals surface area contributed by atoms with Gasteiger partial charge in [0, 0.05) is 12.0 Å². The van der Waals surface area contributed by atoms with Crippen molar-refractivity contribution in [3.63, 3.8) is 0 Å². The lowest BCUT2D eigenvalue weighted by Gasteiger charge is -2.23. The van der Waals surface area contributed by atoms with E-state index in [1.54, 1.807) is 11.3 Å². The van der Waals surface area contributed by atoms with Crippen LogP contribution in [0, 0.1) is 6.92 Å². The van der Waals surface area contributed by atoms with E-state index in [-0.39, 0.29) is 30.0 Å². The van der Waals surface area contributed by atoms with E-state index in [0.717, 1.165) is 46.9 Å². The van der Waals surface area contributed by atoms with Crippen molar-refractivity contribution in [3.8, 4) is 0 Å². The highest BCUT2D eigenvalue weighted by Crippen LogP contribution is 2.26. The van der Waals surface area contributed by atoms with Crippen molar-refractivity contribution < 1.29 is 4.79 Å². The third-order valence-electron chi connectivity index (χ3n) is 5.15. The Morgan fingerprint density at radius 1 is 1.33 bits per heavy atom. The zero-order chi connectivity index (χ0) is 19.1. The minimum Gasteiger partial charge on any atom is -0.352 e. The average Bonchev–Trinajstić information content (AvgIpc) is 3.14. The van der Waals surface area contributed by atoms with E-state index in [1.165, 1.54) is 11.1 Å². The normalized spacial score (nSPS) is 15.9. The molecule has 0 aromatic carbocycles. The number of thiazole rings is 1. The van der Waals surface area contributed by atoms with E-state index in [0.29, 0.717) is 5.52 Å². The van der Waals surface area contributed by atoms with Gasteiger partial charge in [-0.1, -0.05) is 33.1 Å². The molecule has 1 N–H and O–H groups in total. The van der Waals surface area contributed by atoms with Crippen LogP contribution in [0.5, 0.6) is 0 Å². The summed E-state index contributed by atoms with van der Waals surface area (Å²) in [6.07, 6.45) is 5.58. The third kappa shape index (κ3) is 3.38. The molecule has 0 atom stereocenters. The highest BCUT2D eigenvalue weighted by Gasteiger charge is 2.21. The maximum atomic E-state index is 13.0. The van der Waals surface area contributed by atoms with Gasteiger partial charge in [-0.05, 0) is 25.8 Å². The first-order valence-corrected chi connectivity index (χ1v) is 10.4. The lowest BCUT2D eigenvalue weighted by molar-refractivity contribution is -0.122. The Hall–Kier alpha value is -2.22. The summed E-state index contributed by atoms with van der Waals surface area (Å²) in [5.41, 5.74) is 1.06. The van der Waals surface area contributed by atoms with E-state index >= 15 is 0 Å². The molecule has 1 aliphatic rings. The predicted octanol–water partition coefficient (Wildman–Crippen LogP) is 2.99. The van der Waals surface area contributed by atoms with E-state index in [1.807, 2.05) is 31.2 Å². The number of fused-ring (bicyclic) bond motifs is 3. The van der Waals surface area contributed by atoms with Gasteiger partial charge in [-0.15, -0.1) is 11.3 Å². The molecule has 0 radical (unpaired) electrons. The third-order valence-corrected chi connectivity index (χ3v) is 6.05. The minimum absolute atomic E-state index is 0.0448. The van der Waals surface area contributed by atoms with Crippen molar-refractivity contribution >= 4 is 33.1 Å². The minimum atomic E-state index is -0.249. The molecule has 1 aliphatic carbocycles. The molecule has 0 saturated heterocycles. The van der Waals surface area contributed by atoms with Crippen molar-refractivity contribution in [1.29, 1.82) is 0 Å². The zero-order valence-corrected chi connectivity index (χ0v) is 16.8. The zero-order valence-electron chi connectivity index (χ0n) is 16.0. The number of nitrogens with one attached hydrogen (secondary N) is 1. The first-order chi connectivity index (χ1) is 12.9. The fraction of sp³-hybridized carbons (Fsp3) is 0.579. The Balaban J connectivity index is 1.71. The van der Waals surface area contributed by atoms with Crippen LogP contribution < -0.4 is 10.9 Å². The molecule has 1 fully saturated rings. The summed E-state index contributed by atoms with van der Waals surface area (Å²) in [4.78, 5) is 30.0. The topological polar surface area (TPSA) is 81.3 Å². The molecule has 0 aliphatic heterocycles. The molecule has 27 heavy (non-hydrogen) atoms. The summed E-state index contributed by atoms with van der Waals surface area (Å²) in [6.45, 7) is 5.97. The number of hydrogen-bond donors (Lipinski definition) is 1. The Kier molecular flexibility index (Phi) is 4.75. The van der Waals surface area contributed by atoms with Crippen LogP contribution in [0.3, 0.4) is 0 Å². The molecular formula is C19H25N5O2S. The molecule has 4 rings (SSSR count). The molecule has 0 spiro atoms. The number of aromatic nitrogens is 4. The van der Waals surface area contributed by atoms with Gasteiger partial charge in [0.05, 0.1) is 9.71 Å². The van der Waals surface area contributed by atoms with Crippen molar-refractivity contribution in [2.45, 2.75) is 71.4 Å². The van der Waals surface area contributed by atoms with E-state index in [9.17, 15) is 9.59 Å². The van der Waals surface area contributed by atoms with E-state index in [2.05, 4.69) is 15.4 Å². The van der Waals surface area contributed by atoms with Gasteiger partial charge in [0.2, 0.25) is 5.91 Å². The number of aryl methyl sites for hydroxylation is 1. The second-order valence-electron chi connectivity index (χ2n) is 7.66. The number of nitrogens with zero attached hydrogens (tertiary/aromatic N) is 4. The van der Waals surface area contributed by atoms with Gasteiger partial charge < -0.3 is 5.32 Å². The van der Waals surface area contributed by atoms with Crippen LogP contribution in [-0.4, -0.2) is 31.1 Å². The van der Waals surface area contributed by atoms with Gasteiger partial charge >= 0.3 is 0 Å². The SMILES string of the molecule is Cc1nc2c(cc3c(=O)n(CC(=O)NC4CCCCC4)nc(C(C)C)n32)s1. The standard InChI is InChI=1S/C19H25N5O2S/c1-11(2)17-22-23(10-16(25)21-13-7-5-4-6-8-13)19(26)14-9-15-18(24(14)17)20-12(3)27-15/h9,11,13H,4-8,10H2,1-3H3,(H,21,25). The van der Waals surface area contributed by atoms with Gasteiger partial charge in [0.25, 0.3) is 5.56 Å². The first kappa shape index (κ1) is 18.2. The summed E-state index contributed by atoms with van der Waals surface area (Å²) in [5.74, 6) is 0.701. The van der Waals surface area contributed by atoms with Gasteiger partial charge in [-0.25, -0.2) is 9.67 Å². The van der Waals surface area contributed by atoms with Gasteiger partial charge in [-0.3, -0.25) is 14.0 Å². The molecule has 0 unspecified atom stereocenters. The highest BCUT2D eigenvalue weighted by molar-refractivity contribution is 7.18. The Morgan fingerprint density at radius 3 is 2.78 bits per heavy atom. The summed E-state index contributed by atoms with van der Waals surface area (Å²) in [5, 5.41) is 8.56. The van der Waals surface area contributed by atoms with E-state index in [4.69, 9.17) is 0 Å². The summed E-state index contributed by atoms with van der Waals surface area (Å²) in [7, 11) is 0. The number of carbonyl (C=O) groups excluding carboxylic acids is 1. The fourth-order valence-corrected chi connectivity index (χ4v) is 4.71. The molecule has 3 heterocycles. The van der Waals surface area contributed by atoms with Crippen molar-refractivity contribution in [2.75, 3.05) is 0 Å². The highest BCUT2D eigenvalue weighted by atomic mass is 32.1. The Bertz CT molecular complexity index is 1060. The molecule has 3 aromatic rings. The Morgan fingerprint density at radius 2 is 2.07 bits per heavy atom. The summed E-state index contributed by atoms with van der Waals surface area (Å²) < 4.78 is 4.12. The van der Waals surface area contributed by atoms with Crippen LogP contribution in [0.25, 0.3) is 15.9 Å². The molecule has 1 amide bonds. The number of amides is 1.